The first-order valence-electron chi connectivity index (χ1n) is 14.2. The zero-order valence-electron chi connectivity index (χ0n) is 22.4. The van der Waals surface area contributed by atoms with E-state index in [2.05, 4.69) is 30.3 Å². The smallest absolute Gasteiger partial charge is 0.228 e. The van der Waals surface area contributed by atoms with Gasteiger partial charge in [-0.3, -0.25) is 4.90 Å². The fourth-order valence-electron chi connectivity index (χ4n) is 6.62. The number of rotatable bonds is 4. The molecule has 4 fully saturated rings. The van der Waals surface area contributed by atoms with Crippen molar-refractivity contribution in [3.63, 3.8) is 0 Å². The van der Waals surface area contributed by atoms with Crippen LogP contribution in [0.2, 0.25) is 5.02 Å². The third kappa shape index (κ3) is 4.48. The fraction of sp³-hybridized carbons (Fsp3) is 0.464. The number of nitrogens with zero attached hydrogens (tertiary/aromatic N) is 6. The van der Waals surface area contributed by atoms with Crippen LogP contribution in [0.15, 0.2) is 24.3 Å². The van der Waals surface area contributed by atoms with Crippen molar-refractivity contribution in [2.45, 2.75) is 18.1 Å². The number of nitrogen functional groups attached to an aromatic ring is 1. The highest BCUT2D eigenvalue weighted by Gasteiger charge is 2.40. The SMILES string of the molecule is Nc1nc2c(-c3c(Cl)cc4c(N5CCNCC5)nc(N5CC(N6C[C@H]7COC[C@@H](C6)N7)C5)nc4c3F)cccc2s1. The van der Waals surface area contributed by atoms with Crippen LogP contribution in [-0.4, -0.2) is 104 Å². The van der Waals surface area contributed by atoms with E-state index in [4.69, 9.17) is 32.0 Å². The van der Waals surface area contributed by atoms with Gasteiger partial charge in [-0.15, -0.1) is 0 Å². The van der Waals surface area contributed by atoms with Crippen molar-refractivity contribution in [2.24, 2.45) is 0 Å². The van der Waals surface area contributed by atoms with Crippen LogP contribution in [0.4, 0.5) is 21.3 Å². The van der Waals surface area contributed by atoms with Gasteiger partial charge in [0, 0.05) is 87.0 Å². The molecule has 4 N–H and O–H groups in total. The Morgan fingerprint density at radius 1 is 1.00 bits per heavy atom. The van der Waals surface area contributed by atoms with Gasteiger partial charge in [0.25, 0.3) is 0 Å². The lowest BCUT2D eigenvalue weighted by Gasteiger charge is -2.51. The maximum absolute atomic E-state index is 16.7. The zero-order chi connectivity index (χ0) is 27.7. The normalized spacial score (nSPS) is 23.9. The van der Waals surface area contributed by atoms with Crippen molar-refractivity contribution in [1.82, 2.24) is 30.5 Å². The highest BCUT2D eigenvalue weighted by molar-refractivity contribution is 7.22. The molecule has 4 aliphatic rings. The number of nitrogens with one attached hydrogen (secondary N) is 2. The van der Waals surface area contributed by atoms with E-state index in [0.717, 1.165) is 76.1 Å². The van der Waals surface area contributed by atoms with Gasteiger partial charge in [0.2, 0.25) is 5.95 Å². The number of hydrogen-bond acceptors (Lipinski definition) is 11. The molecule has 10 nitrogen and oxygen atoms in total. The van der Waals surface area contributed by atoms with Crippen LogP contribution in [0, 0.1) is 5.82 Å². The summed E-state index contributed by atoms with van der Waals surface area (Å²) in [6.07, 6.45) is 0. The monoisotopic (exact) mass is 595 g/mol. The molecule has 0 spiro atoms. The molecule has 0 amide bonds. The lowest BCUT2D eigenvalue weighted by Crippen LogP contribution is -2.69. The van der Waals surface area contributed by atoms with Gasteiger partial charge >= 0.3 is 0 Å². The van der Waals surface area contributed by atoms with Gasteiger partial charge < -0.3 is 30.9 Å². The average molecular weight is 596 g/mol. The Labute approximate surface area is 245 Å². The summed E-state index contributed by atoms with van der Waals surface area (Å²) in [4.78, 5) is 21.3. The number of anilines is 3. The van der Waals surface area contributed by atoms with Crippen LogP contribution in [-0.2, 0) is 4.74 Å². The molecular weight excluding hydrogens is 565 g/mol. The Morgan fingerprint density at radius 3 is 2.56 bits per heavy atom. The van der Waals surface area contributed by atoms with Crippen LogP contribution >= 0.6 is 22.9 Å². The van der Waals surface area contributed by atoms with Crippen LogP contribution in [0.3, 0.4) is 0 Å². The maximum Gasteiger partial charge on any atom is 0.228 e. The lowest BCUT2D eigenvalue weighted by atomic mass is 10.0. The predicted octanol–water partition coefficient (Wildman–Crippen LogP) is 2.55. The van der Waals surface area contributed by atoms with Gasteiger partial charge in [-0.25, -0.2) is 14.4 Å². The third-order valence-corrected chi connectivity index (χ3v) is 9.80. The lowest BCUT2D eigenvalue weighted by molar-refractivity contribution is -0.0222. The minimum absolute atomic E-state index is 0.278. The van der Waals surface area contributed by atoms with E-state index in [-0.39, 0.29) is 5.52 Å². The third-order valence-electron chi connectivity index (χ3n) is 8.65. The number of para-hydroxylation sites is 1. The Balaban J connectivity index is 1.19. The molecule has 4 saturated heterocycles. The van der Waals surface area contributed by atoms with E-state index in [1.807, 2.05) is 24.3 Å². The van der Waals surface area contributed by atoms with Crippen molar-refractivity contribution in [3.05, 3.63) is 35.1 Å². The maximum atomic E-state index is 16.7. The van der Waals surface area contributed by atoms with Gasteiger partial charge in [0.15, 0.2) is 10.9 Å². The molecule has 13 heteroatoms. The molecule has 41 heavy (non-hydrogen) atoms. The molecule has 2 aromatic carbocycles. The summed E-state index contributed by atoms with van der Waals surface area (Å²) in [7, 11) is 0. The molecule has 2 bridgehead atoms. The number of thiazole rings is 1. The zero-order valence-corrected chi connectivity index (χ0v) is 24.0. The molecule has 0 radical (unpaired) electrons. The second-order valence-electron chi connectivity index (χ2n) is 11.3. The number of nitrogens with two attached hydrogens (primary N) is 1. The van der Waals surface area contributed by atoms with E-state index in [1.54, 1.807) is 0 Å². The molecule has 8 rings (SSSR count). The van der Waals surface area contributed by atoms with E-state index < -0.39 is 5.82 Å². The molecular formula is C28H31ClFN9OS. The van der Waals surface area contributed by atoms with E-state index in [1.165, 1.54) is 11.3 Å². The first-order valence-corrected chi connectivity index (χ1v) is 15.3. The second kappa shape index (κ2) is 10.1. The van der Waals surface area contributed by atoms with E-state index in [0.29, 0.717) is 56.3 Å². The number of fused-ring (bicyclic) bond motifs is 4. The standard InChI is InChI=1S/C28H31ClFN9OS/c29-20-8-19-25(23(30)22(20)18-2-1-3-21-24(18)34-27(31)41-21)35-28(36-26(19)37-6-4-32-5-7-37)39-11-17(12-39)38-9-15-13-40-14-16(10-38)33-15/h1-3,8,15-17,32-33H,4-7,9-14H2,(H2,31,34)/t15-,16+. The van der Waals surface area contributed by atoms with E-state index in [9.17, 15) is 0 Å². The fourth-order valence-corrected chi connectivity index (χ4v) is 7.68. The predicted molar refractivity (Wildman–Crippen MR) is 162 cm³/mol. The van der Waals surface area contributed by atoms with Crippen LogP contribution in [0.1, 0.15) is 0 Å². The molecule has 2 atom stereocenters. The number of aromatic nitrogens is 3. The molecule has 0 unspecified atom stereocenters. The molecule has 6 heterocycles. The van der Waals surface area contributed by atoms with Crippen LogP contribution < -0.4 is 26.2 Å². The topological polar surface area (TPSA) is 108 Å². The van der Waals surface area contributed by atoms with Crippen molar-refractivity contribution in [2.75, 3.05) is 81.1 Å². The molecule has 214 valence electrons. The molecule has 2 aromatic heterocycles. The summed E-state index contributed by atoms with van der Waals surface area (Å²) in [6.45, 7) is 8.32. The Bertz CT molecular complexity index is 1630. The van der Waals surface area contributed by atoms with Gasteiger partial charge in [0.1, 0.15) is 11.3 Å². The Morgan fingerprint density at radius 2 is 1.78 bits per heavy atom. The first kappa shape index (κ1) is 25.8. The number of benzene rings is 2. The Hall–Kier alpha value is -2.87. The number of halogens is 2. The van der Waals surface area contributed by atoms with Gasteiger partial charge in [-0.05, 0) is 12.1 Å². The van der Waals surface area contributed by atoms with Crippen LogP contribution in [0.5, 0.6) is 0 Å². The quantitative estimate of drug-likeness (QED) is 0.326. The van der Waals surface area contributed by atoms with Gasteiger partial charge in [-0.2, -0.15) is 4.98 Å². The van der Waals surface area contributed by atoms with Crippen molar-refractivity contribution >= 4 is 61.0 Å². The summed E-state index contributed by atoms with van der Waals surface area (Å²) in [6, 6.07) is 8.63. The molecule has 4 aromatic rings. The molecule has 0 aliphatic carbocycles. The summed E-state index contributed by atoms with van der Waals surface area (Å²) < 4.78 is 23.3. The highest BCUT2D eigenvalue weighted by atomic mass is 35.5. The average Bonchev–Trinajstić information content (AvgIpc) is 3.33. The summed E-state index contributed by atoms with van der Waals surface area (Å²) >= 11 is 8.21. The summed E-state index contributed by atoms with van der Waals surface area (Å²) in [5.74, 6) is 0.829. The van der Waals surface area contributed by atoms with E-state index >= 15 is 4.39 Å². The summed E-state index contributed by atoms with van der Waals surface area (Å²) in [5.41, 5.74) is 7.83. The van der Waals surface area contributed by atoms with Crippen molar-refractivity contribution in [3.8, 4) is 11.1 Å². The number of hydrogen-bond donors (Lipinski definition) is 3. The number of piperazine rings is 2. The first-order chi connectivity index (χ1) is 20.0. The molecule has 4 aliphatic heterocycles. The highest BCUT2D eigenvalue weighted by Crippen LogP contribution is 2.42. The molecule has 0 saturated carbocycles. The number of morpholine rings is 1. The summed E-state index contributed by atoms with van der Waals surface area (Å²) in [5, 5.41) is 8.41. The second-order valence-corrected chi connectivity index (χ2v) is 12.8. The minimum Gasteiger partial charge on any atom is -0.378 e. The minimum atomic E-state index is -0.460. The number of ether oxygens (including phenoxy) is 1. The largest absolute Gasteiger partial charge is 0.378 e. The van der Waals surface area contributed by atoms with Gasteiger partial charge in [-0.1, -0.05) is 35.1 Å². The van der Waals surface area contributed by atoms with Gasteiger partial charge in [0.05, 0.1) is 28.5 Å². The Kier molecular flexibility index (Phi) is 6.38. The van der Waals surface area contributed by atoms with Crippen molar-refractivity contribution < 1.29 is 9.13 Å². The van der Waals surface area contributed by atoms with Crippen LogP contribution in [0.25, 0.3) is 32.2 Å². The van der Waals surface area contributed by atoms with Crippen molar-refractivity contribution in [1.29, 1.82) is 0 Å².